The van der Waals surface area contributed by atoms with Crippen LogP contribution >= 0.6 is 15.9 Å². The van der Waals surface area contributed by atoms with Crippen molar-refractivity contribution >= 4 is 15.9 Å². The van der Waals surface area contributed by atoms with E-state index in [4.69, 9.17) is 4.42 Å². The predicted molar refractivity (Wildman–Crippen MR) is 80.3 cm³/mol. The molecule has 0 amide bonds. The van der Waals surface area contributed by atoms with Crippen molar-refractivity contribution in [2.75, 3.05) is 6.54 Å². The largest absolute Gasteiger partial charge is 0.466 e. The Balaban J connectivity index is 2.40. The minimum Gasteiger partial charge on any atom is -0.466 e. The van der Waals surface area contributed by atoms with Crippen LogP contribution in [0.1, 0.15) is 42.1 Å². The van der Waals surface area contributed by atoms with E-state index in [1.807, 2.05) is 26.0 Å². The number of furan rings is 1. The first-order valence-electron chi connectivity index (χ1n) is 6.54. The van der Waals surface area contributed by atoms with Crippen molar-refractivity contribution in [3.05, 3.63) is 51.6 Å². The Hall–Kier alpha value is -1.13. The number of nitrogens with zero attached hydrogens (tertiary/aromatic N) is 1. The molecule has 0 aliphatic heterocycles. The highest BCUT2D eigenvalue weighted by molar-refractivity contribution is 9.10. The Labute approximate surface area is 122 Å². The number of nitrogens with one attached hydrogen (secondary N) is 1. The van der Waals surface area contributed by atoms with Crippen LogP contribution in [0.5, 0.6) is 0 Å². The Morgan fingerprint density at radius 3 is 2.68 bits per heavy atom. The van der Waals surface area contributed by atoms with Gasteiger partial charge in [0.15, 0.2) is 0 Å². The van der Waals surface area contributed by atoms with Crippen LogP contribution < -0.4 is 5.32 Å². The van der Waals surface area contributed by atoms with Gasteiger partial charge in [0.25, 0.3) is 0 Å². The number of rotatable bonds is 5. The zero-order valence-corrected chi connectivity index (χ0v) is 13.1. The first kappa shape index (κ1) is 14.3. The van der Waals surface area contributed by atoms with Gasteiger partial charge >= 0.3 is 0 Å². The van der Waals surface area contributed by atoms with E-state index in [9.17, 15) is 0 Å². The predicted octanol–water partition coefficient (Wildman–Crippen LogP) is 4.14. The summed E-state index contributed by atoms with van der Waals surface area (Å²) in [5, 5.41) is 3.53. The average Bonchev–Trinajstić information content (AvgIpc) is 2.78. The van der Waals surface area contributed by atoms with E-state index in [2.05, 4.69) is 39.2 Å². The minimum absolute atomic E-state index is 0.0393. The first-order chi connectivity index (χ1) is 9.13. The lowest BCUT2D eigenvalue weighted by atomic mass is 10.0. The number of aromatic nitrogens is 1. The lowest BCUT2D eigenvalue weighted by Gasteiger charge is -2.19. The van der Waals surface area contributed by atoms with Gasteiger partial charge in [-0.25, -0.2) is 0 Å². The molecule has 0 radical (unpaired) electrons. The molecule has 0 saturated carbocycles. The maximum Gasteiger partial charge on any atom is 0.139 e. The van der Waals surface area contributed by atoms with Crippen LogP contribution in [0.2, 0.25) is 0 Å². The van der Waals surface area contributed by atoms with Crippen LogP contribution in [0.3, 0.4) is 0 Å². The lowest BCUT2D eigenvalue weighted by molar-refractivity contribution is 0.442. The number of pyridine rings is 1. The maximum atomic E-state index is 5.63. The van der Waals surface area contributed by atoms with Crippen molar-refractivity contribution < 1.29 is 4.42 Å². The Kier molecular flexibility index (Phi) is 4.77. The van der Waals surface area contributed by atoms with Crippen molar-refractivity contribution in [1.82, 2.24) is 10.3 Å². The molecule has 0 bridgehead atoms. The molecule has 19 heavy (non-hydrogen) atoms. The van der Waals surface area contributed by atoms with Gasteiger partial charge in [-0.2, -0.15) is 0 Å². The average molecular weight is 323 g/mol. The first-order valence-corrected chi connectivity index (χ1v) is 7.33. The second-order valence-electron chi connectivity index (χ2n) is 4.65. The third kappa shape index (κ3) is 3.25. The molecule has 2 rings (SSSR count). The SMILES string of the molecule is CCCNC(c1ccc(C)nc1C)c1occc1Br. The number of aryl methyl sites for hydroxylation is 2. The molecule has 2 aromatic rings. The molecule has 0 aromatic carbocycles. The smallest absolute Gasteiger partial charge is 0.139 e. The topological polar surface area (TPSA) is 38.1 Å². The summed E-state index contributed by atoms with van der Waals surface area (Å²) in [6, 6.07) is 6.13. The summed E-state index contributed by atoms with van der Waals surface area (Å²) in [5.41, 5.74) is 3.24. The molecule has 0 spiro atoms. The summed E-state index contributed by atoms with van der Waals surface area (Å²) in [4.78, 5) is 4.55. The van der Waals surface area contributed by atoms with Crippen molar-refractivity contribution in [3.8, 4) is 0 Å². The van der Waals surface area contributed by atoms with E-state index < -0.39 is 0 Å². The zero-order valence-electron chi connectivity index (χ0n) is 11.5. The normalized spacial score (nSPS) is 12.6. The zero-order chi connectivity index (χ0) is 13.8. The van der Waals surface area contributed by atoms with Gasteiger partial charge in [0.05, 0.1) is 16.8 Å². The van der Waals surface area contributed by atoms with Crippen molar-refractivity contribution in [2.45, 2.75) is 33.2 Å². The van der Waals surface area contributed by atoms with Gasteiger partial charge in [-0.3, -0.25) is 4.98 Å². The van der Waals surface area contributed by atoms with Gasteiger partial charge in [0, 0.05) is 11.4 Å². The molecule has 1 N–H and O–H groups in total. The molecule has 0 fully saturated rings. The third-order valence-corrected chi connectivity index (χ3v) is 3.74. The molecule has 1 atom stereocenters. The van der Waals surface area contributed by atoms with Crippen LogP contribution in [-0.2, 0) is 0 Å². The molecule has 102 valence electrons. The fourth-order valence-corrected chi connectivity index (χ4v) is 2.58. The molecule has 1 unspecified atom stereocenters. The fraction of sp³-hybridized carbons (Fsp3) is 0.400. The third-order valence-electron chi connectivity index (χ3n) is 3.08. The van der Waals surface area contributed by atoms with E-state index in [0.717, 1.165) is 40.1 Å². The van der Waals surface area contributed by atoms with Gasteiger partial charge in [-0.1, -0.05) is 13.0 Å². The fourth-order valence-electron chi connectivity index (χ4n) is 2.15. The van der Waals surface area contributed by atoms with Gasteiger partial charge in [0.2, 0.25) is 0 Å². The Bertz CT molecular complexity index is 551. The highest BCUT2D eigenvalue weighted by Crippen LogP contribution is 2.30. The van der Waals surface area contributed by atoms with Gasteiger partial charge < -0.3 is 9.73 Å². The number of halogens is 1. The van der Waals surface area contributed by atoms with Crippen molar-refractivity contribution in [1.29, 1.82) is 0 Å². The quantitative estimate of drug-likeness (QED) is 0.898. The monoisotopic (exact) mass is 322 g/mol. The van der Waals surface area contributed by atoms with E-state index >= 15 is 0 Å². The van der Waals surface area contributed by atoms with E-state index in [-0.39, 0.29) is 6.04 Å². The second kappa shape index (κ2) is 6.35. The van der Waals surface area contributed by atoms with E-state index in [0.29, 0.717) is 0 Å². The molecule has 2 heterocycles. The summed E-state index contributed by atoms with van der Waals surface area (Å²) < 4.78 is 6.61. The van der Waals surface area contributed by atoms with Gasteiger partial charge in [0.1, 0.15) is 5.76 Å². The molecule has 4 heteroatoms. The molecule has 0 aliphatic rings. The summed E-state index contributed by atoms with van der Waals surface area (Å²) >= 11 is 3.54. The van der Waals surface area contributed by atoms with Crippen LogP contribution in [0, 0.1) is 13.8 Å². The van der Waals surface area contributed by atoms with Crippen LogP contribution in [0.4, 0.5) is 0 Å². The Morgan fingerprint density at radius 1 is 1.32 bits per heavy atom. The van der Waals surface area contributed by atoms with Crippen LogP contribution in [0.25, 0.3) is 0 Å². The molecular formula is C15H19BrN2O. The summed E-state index contributed by atoms with van der Waals surface area (Å²) in [7, 11) is 0. The molecule has 0 aliphatic carbocycles. The van der Waals surface area contributed by atoms with Crippen LogP contribution in [0.15, 0.2) is 33.4 Å². The Morgan fingerprint density at radius 2 is 2.11 bits per heavy atom. The van der Waals surface area contributed by atoms with E-state index in [1.165, 1.54) is 0 Å². The minimum atomic E-state index is 0.0393. The molecule has 3 nitrogen and oxygen atoms in total. The maximum absolute atomic E-state index is 5.63. The lowest BCUT2D eigenvalue weighted by Crippen LogP contribution is -2.24. The van der Waals surface area contributed by atoms with Crippen molar-refractivity contribution in [2.24, 2.45) is 0 Å². The summed E-state index contributed by atoms with van der Waals surface area (Å²) in [6.07, 6.45) is 2.78. The highest BCUT2D eigenvalue weighted by atomic mass is 79.9. The van der Waals surface area contributed by atoms with E-state index in [1.54, 1.807) is 6.26 Å². The number of hydrogen-bond acceptors (Lipinski definition) is 3. The van der Waals surface area contributed by atoms with Gasteiger partial charge in [-0.15, -0.1) is 0 Å². The molecule has 2 aromatic heterocycles. The molecular weight excluding hydrogens is 304 g/mol. The summed E-state index contributed by atoms with van der Waals surface area (Å²) in [6.45, 7) is 7.14. The van der Waals surface area contributed by atoms with Crippen molar-refractivity contribution in [3.63, 3.8) is 0 Å². The standard InChI is InChI=1S/C15H19BrN2O/c1-4-8-17-14(15-13(16)7-9-19-15)12-6-5-10(2)18-11(12)3/h5-7,9,14,17H,4,8H2,1-3H3. The highest BCUT2D eigenvalue weighted by Gasteiger charge is 2.21. The number of hydrogen-bond donors (Lipinski definition) is 1. The summed E-state index contributed by atoms with van der Waals surface area (Å²) in [5.74, 6) is 0.905. The molecule has 0 saturated heterocycles. The second-order valence-corrected chi connectivity index (χ2v) is 5.50. The van der Waals surface area contributed by atoms with Crippen LogP contribution in [-0.4, -0.2) is 11.5 Å². The van der Waals surface area contributed by atoms with Gasteiger partial charge in [-0.05, 0) is 60.4 Å².